The van der Waals surface area contributed by atoms with Crippen LogP contribution >= 0.6 is 0 Å². The Labute approximate surface area is 168 Å². The maximum absolute atomic E-state index is 13.1. The maximum atomic E-state index is 13.1. The average molecular weight is 389 g/mol. The first-order valence-corrected chi connectivity index (χ1v) is 11.0. The minimum atomic E-state index is -0.570. The Hall–Kier alpha value is -1.36. The van der Waals surface area contributed by atoms with Crippen molar-refractivity contribution in [1.29, 1.82) is 0 Å². The van der Waals surface area contributed by atoms with Gasteiger partial charge in [-0.2, -0.15) is 0 Å². The molecule has 5 heteroatoms. The van der Waals surface area contributed by atoms with Gasteiger partial charge in [0.15, 0.2) is 0 Å². The predicted molar refractivity (Wildman–Crippen MR) is 108 cm³/mol. The molecule has 5 nitrogen and oxygen atoms in total. The number of hydrogen-bond donors (Lipinski definition) is 3. The number of carbonyl (C=O) groups excluding carboxylic acids is 2. The quantitative estimate of drug-likeness (QED) is 0.696. The highest BCUT2D eigenvalue weighted by Gasteiger charge is 2.61. The summed E-state index contributed by atoms with van der Waals surface area (Å²) in [4.78, 5) is 24.9. The van der Waals surface area contributed by atoms with Gasteiger partial charge in [-0.1, -0.05) is 19.9 Å². The number of rotatable bonds is 3. The van der Waals surface area contributed by atoms with Crippen molar-refractivity contribution in [1.82, 2.24) is 10.6 Å². The van der Waals surface area contributed by atoms with Gasteiger partial charge >= 0.3 is 0 Å². The number of aliphatic hydroxyl groups is 1. The Bertz CT molecular complexity index is 702. The standard InChI is InChI=1S/C23H36N2O3/c1-21(2,13-26)25-20(28)17-7-6-15-14-5-8-18-23(4,12-10-19(27)24-18)16(14)9-11-22(15,17)3/h10,12,14-18,26H,5-9,11,13H2,1-4H3,(H,24,27)(H,25,28)/t14-,15-,16-,17+,18+,22-,23+/m1/s1. The SMILES string of the molecule is CC(C)(CO)NC(=O)[C@@H]1CC[C@@H]2[C@H]3CC[C@@H]4NC(=O)C=C[C@@]4(C)[C@@H]3CC[C@]21C. The van der Waals surface area contributed by atoms with Gasteiger partial charge in [0.25, 0.3) is 0 Å². The van der Waals surface area contributed by atoms with Crippen LogP contribution in [0.15, 0.2) is 12.2 Å². The van der Waals surface area contributed by atoms with E-state index in [1.54, 1.807) is 6.08 Å². The molecule has 156 valence electrons. The summed E-state index contributed by atoms with van der Waals surface area (Å²) in [5, 5.41) is 15.8. The molecule has 0 unspecified atom stereocenters. The van der Waals surface area contributed by atoms with E-state index in [-0.39, 0.29) is 41.2 Å². The molecule has 7 atom stereocenters. The van der Waals surface area contributed by atoms with Gasteiger partial charge in [0.2, 0.25) is 11.8 Å². The Morgan fingerprint density at radius 2 is 1.96 bits per heavy atom. The molecule has 1 aliphatic heterocycles. The van der Waals surface area contributed by atoms with Gasteiger partial charge in [0, 0.05) is 17.4 Å². The summed E-state index contributed by atoms with van der Waals surface area (Å²) in [6.45, 7) is 8.37. The predicted octanol–water partition coefficient (Wildman–Crippen LogP) is 2.79. The number of nitrogens with one attached hydrogen (secondary N) is 2. The Balaban J connectivity index is 1.56. The third kappa shape index (κ3) is 2.92. The highest BCUT2D eigenvalue weighted by molar-refractivity contribution is 5.89. The van der Waals surface area contributed by atoms with E-state index in [0.29, 0.717) is 17.8 Å². The zero-order valence-corrected chi connectivity index (χ0v) is 17.8. The van der Waals surface area contributed by atoms with Crippen LogP contribution in [0, 0.1) is 34.5 Å². The number of hydrogen-bond acceptors (Lipinski definition) is 3. The second-order valence-electron chi connectivity index (χ2n) is 10.9. The lowest BCUT2D eigenvalue weighted by Gasteiger charge is -2.58. The van der Waals surface area contributed by atoms with Crippen molar-refractivity contribution >= 4 is 11.8 Å². The lowest BCUT2D eigenvalue weighted by atomic mass is 9.48. The molecular formula is C23H36N2O3. The normalized spacial score (nSPS) is 44.9. The maximum Gasteiger partial charge on any atom is 0.243 e. The zero-order valence-electron chi connectivity index (χ0n) is 17.8. The molecule has 0 spiro atoms. The Morgan fingerprint density at radius 3 is 2.68 bits per heavy atom. The molecule has 4 aliphatic rings. The van der Waals surface area contributed by atoms with Crippen LogP contribution in [-0.2, 0) is 9.59 Å². The molecule has 3 N–H and O–H groups in total. The summed E-state index contributed by atoms with van der Waals surface area (Å²) in [6.07, 6.45) is 10.4. The number of carbonyl (C=O) groups is 2. The summed E-state index contributed by atoms with van der Waals surface area (Å²) in [5.74, 6) is 1.98. The van der Waals surface area contributed by atoms with Gasteiger partial charge in [0.1, 0.15) is 0 Å². The van der Waals surface area contributed by atoms with Crippen molar-refractivity contribution in [2.75, 3.05) is 6.61 Å². The summed E-state index contributed by atoms with van der Waals surface area (Å²) >= 11 is 0. The van der Waals surface area contributed by atoms with Crippen LogP contribution in [-0.4, -0.2) is 35.1 Å². The van der Waals surface area contributed by atoms with Crippen LogP contribution in [0.3, 0.4) is 0 Å². The highest BCUT2D eigenvalue weighted by atomic mass is 16.3. The van der Waals surface area contributed by atoms with E-state index < -0.39 is 5.54 Å². The van der Waals surface area contributed by atoms with Crippen LogP contribution in [0.25, 0.3) is 0 Å². The fourth-order valence-corrected chi connectivity index (χ4v) is 7.22. The van der Waals surface area contributed by atoms with Crippen molar-refractivity contribution in [3.05, 3.63) is 12.2 Å². The fraction of sp³-hybridized carbons (Fsp3) is 0.826. The van der Waals surface area contributed by atoms with Gasteiger partial charge < -0.3 is 15.7 Å². The van der Waals surface area contributed by atoms with Gasteiger partial charge in [-0.15, -0.1) is 0 Å². The van der Waals surface area contributed by atoms with Crippen molar-refractivity contribution < 1.29 is 14.7 Å². The molecule has 0 saturated heterocycles. The number of aliphatic hydroxyl groups excluding tert-OH is 1. The monoisotopic (exact) mass is 388 g/mol. The summed E-state index contributed by atoms with van der Waals surface area (Å²) in [7, 11) is 0. The molecule has 0 bridgehead atoms. The van der Waals surface area contributed by atoms with E-state index >= 15 is 0 Å². The first-order valence-electron chi connectivity index (χ1n) is 11.0. The van der Waals surface area contributed by atoms with Crippen LogP contribution in [0.4, 0.5) is 0 Å². The van der Waals surface area contributed by atoms with Crippen LogP contribution in [0.1, 0.15) is 66.2 Å². The molecule has 4 rings (SSSR count). The molecule has 28 heavy (non-hydrogen) atoms. The molecule has 0 aromatic heterocycles. The van der Waals surface area contributed by atoms with E-state index in [4.69, 9.17) is 0 Å². The van der Waals surface area contributed by atoms with E-state index in [9.17, 15) is 14.7 Å². The zero-order chi connectivity index (χ0) is 20.3. The highest BCUT2D eigenvalue weighted by Crippen LogP contribution is 2.65. The topological polar surface area (TPSA) is 78.4 Å². The molecular weight excluding hydrogens is 352 g/mol. The largest absolute Gasteiger partial charge is 0.394 e. The summed E-state index contributed by atoms with van der Waals surface area (Å²) in [6, 6.07) is 0.251. The number of fused-ring (bicyclic) bond motifs is 5. The second-order valence-corrected chi connectivity index (χ2v) is 10.9. The van der Waals surface area contributed by atoms with E-state index in [0.717, 1.165) is 38.5 Å². The van der Waals surface area contributed by atoms with Crippen molar-refractivity contribution in [3.63, 3.8) is 0 Å². The molecule has 2 amide bonds. The van der Waals surface area contributed by atoms with Crippen molar-refractivity contribution in [3.8, 4) is 0 Å². The van der Waals surface area contributed by atoms with Gasteiger partial charge in [0.05, 0.1) is 12.1 Å². The molecule has 3 aliphatic carbocycles. The lowest BCUT2D eigenvalue weighted by molar-refractivity contribution is -0.136. The van der Waals surface area contributed by atoms with Crippen LogP contribution in [0.5, 0.6) is 0 Å². The Morgan fingerprint density at radius 1 is 1.21 bits per heavy atom. The molecule has 0 aromatic rings. The van der Waals surface area contributed by atoms with Crippen molar-refractivity contribution in [2.24, 2.45) is 34.5 Å². The smallest absolute Gasteiger partial charge is 0.243 e. The van der Waals surface area contributed by atoms with E-state index in [1.165, 1.54) is 0 Å². The average Bonchev–Trinajstić information content (AvgIpc) is 2.99. The van der Waals surface area contributed by atoms with Gasteiger partial charge in [-0.25, -0.2) is 0 Å². The molecule has 3 fully saturated rings. The minimum absolute atomic E-state index is 0.0383. The second kappa shape index (κ2) is 6.58. The van der Waals surface area contributed by atoms with Crippen LogP contribution < -0.4 is 10.6 Å². The Kier molecular flexibility index (Phi) is 4.68. The minimum Gasteiger partial charge on any atom is -0.394 e. The molecule has 0 radical (unpaired) electrons. The first-order chi connectivity index (χ1) is 13.1. The van der Waals surface area contributed by atoms with E-state index in [1.807, 2.05) is 13.8 Å². The van der Waals surface area contributed by atoms with Gasteiger partial charge in [-0.05, 0) is 81.6 Å². The molecule has 1 heterocycles. The molecule has 0 aromatic carbocycles. The van der Waals surface area contributed by atoms with Crippen LogP contribution in [0.2, 0.25) is 0 Å². The van der Waals surface area contributed by atoms with Crippen molar-refractivity contribution in [2.45, 2.75) is 77.8 Å². The summed E-state index contributed by atoms with van der Waals surface area (Å²) in [5.41, 5.74) is -0.488. The van der Waals surface area contributed by atoms with Gasteiger partial charge in [-0.3, -0.25) is 9.59 Å². The third-order valence-corrected chi connectivity index (χ3v) is 8.86. The third-order valence-electron chi connectivity index (χ3n) is 8.86. The lowest BCUT2D eigenvalue weighted by Crippen LogP contribution is -2.60. The fourth-order valence-electron chi connectivity index (χ4n) is 7.22. The molecule has 3 saturated carbocycles. The summed E-state index contributed by atoms with van der Waals surface area (Å²) < 4.78 is 0. The number of amides is 2. The van der Waals surface area contributed by atoms with E-state index in [2.05, 4.69) is 30.6 Å². The first kappa shape index (κ1) is 19.9.